The monoisotopic (exact) mass is 315 g/mol. The van der Waals surface area contributed by atoms with Crippen LogP contribution in [0.25, 0.3) is 0 Å². The fourth-order valence-electron chi connectivity index (χ4n) is 4.29. The lowest BCUT2D eigenvalue weighted by Crippen LogP contribution is -2.55. The van der Waals surface area contributed by atoms with Gasteiger partial charge in [-0.1, -0.05) is 6.42 Å². The van der Waals surface area contributed by atoms with Gasteiger partial charge in [0.1, 0.15) is 0 Å². The van der Waals surface area contributed by atoms with E-state index in [-0.39, 0.29) is 30.3 Å². The van der Waals surface area contributed by atoms with Gasteiger partial charge in [0.25, 0.3) is 0 Å². The van der Waals surface area contributed by atoms with Crippen molar-refractivity contribution in [3.63, 3.8) is 0 Å². The Kier molecular flexibility index (Phi) is 4.25. The van der Waals surface area contributed by atoms with E-state index in [1.807, 2.05) is 0 Å². The van der Waals surface area contributed by atoms with Crippen molar-refractivity contribution in [3.8, 4) is 0 Å². The summed E-state index contributed by atoms with van der Waals surface area (Å²) in [6.07, 6.45) is 6.04. The normalized spacial score (nSPS) is 39.1. The number of hydrogen-bond donors (Lipinski definition) is 2. The number of nitrogens with two attached hydrogens (primary N) is 1. The van der Waals surface area contributed by atoms with Gasteiger partial charge in [-0.3, -0.25) is 4.79 Å². The van der Waals surface area contributed by atoms with E-state index in [4.69, 9.17) is 5.73 Å². The summed E-state index contributed by atoms with van der Waals surface area (Å²) in [5.74, 6) is 0.945. The van der Waals surface area contributed by atoms with Crippen LogP contribution >= 0.6 is 0 Å². The van der Waals surface area contributed by atoms with Crippen molar-refractivity contribution < 1.29 is 13.2 Å². The van der Waals surface area contributed by atoms with Crippen LogP contribution in [0.4, 0.5) is 0 Å². The molecule has 2 aliphatic carbocycles. The minimum Gasteiger partial charge on any atom is -0.352 e. The molecule has 1 heterocycles. The summed E-state index contributed by atoms with van der Waals surface area (Å²) in [5.41, 5.74) is 6.09. The van der Waals surface area contributed by atoms with Gasteiger partial charge in [-0.2, -0.15) is 4.31 Å². The summed E-state index contributed by atoms with van der Waals surface area (Å²) in [7, 11) is -3.20. The number of carbonyl (C=O) groups excluding carboxylic acids is 1. The van der Waals surface area contributed by atoms with E-state index >= 15 is 0 Å². The fraction of sp³-hybridized carbons (Fsp3) is 0.929. The topological polar surface area (TPSA) is 92.5 Å². The number of nitrogens with zero attached hydrogens (tertiary/aromatic N) is 1. The smallest absolute Gasteiger partial charge is 0.235 e. The molecule has 3 N–H and O–H groups in total. The summed E-state index contributed by atoms with van der Waals surface area (Å²) in [5, 5.41) is 3.11. The van der Waals surface area contributed by atoms with Gasteiger partial charge in [0.15, 0.2) is 0 Å². The molecule has 6 nitrogen and oxygen atoms in total. The zero-order valence-corrected chi connectivity index (χ0v) is 13.1. The van der Waals surface area contributed by atoms with Crippen LogP contribution in [0.15, 0.2) is 0 Å². The predicted molar refractivity (Wildman–Crippen MR) is 79.9 cm³/mol. The Morgan fingerprint density at radius 2 is 1.86 bits per heavy atom. The van der Waals surface area contributed by atoms with Gasteiger partial charge in [0.2, 0.25) is 15.9 Å². The molecule has 1 saturated heterocycles. The summed E-state index contributed by atoms with van der Waals surface area (Å²) < 4.78 is 24.8. The molecule has 0 radical (unpaired) electrons. The van der Waals surface area contributed by atoms with Crippen molar-refractivity contribution in [3.05, 3.63) is 0 Å². The van der Waals surface area contributed by atoms with E-state index in [0.29, 0.717) is 24.8 Å². The lowest BCUT2D eigenvalue weighted by Gasteiger charge is -2.45. The van der Waals surface area contributed by atoms with Crippen LogP contribution in [0.1, 0.15) is 38.5 Å². The van der Waals surface area contributed by atoms with Gasteiger partial charge in [0, 0.05) is 18.6 Å². The van der Waals surface area contributed by atoms with Crippen LogP contribution in [0, 0.1) is 11.8 Å². The van der Waals surface area contributed by atoms with Crippen molar-refractivity contribution in [2.75, 3.05) is 18.8 Å². The number of amides is 1. The molecule has 2 unspecified atom stereocenters. The second-order valence-electron chi connectivity index (χ2n) is 6.78. The maximum atomic E-state index is 12.2. The minimum atomic E-state index is -3.20. The Labute approximate surface area is 126 Å². The first-order valence-corrected chi connectivity index (χ1v) is 9.59. The van der Waals surface area contributed by atoms with Gasteiger partial charge in [-0.25, -0.2) is 8.42 Å². The third-order valence-electron chi connectivity index (χ3n) is 5.23. The number of rotatable bonds is 3. The maximum Gasteiger partial charge on any atom is 0.235 e. The first-order chi connectivity index (χ1) is 9.95. The van der Waals surface area contributed by atoms with Crippen LogP contribution in [0.3, 0.4) is 0 Å². The number of sulfonamides is 1. The zero-order chi connectivity index (χ0) is 15.0. The summed E-state index contributed by atoms with van der Waals surface area (Å²) in [6, 6.07) is 0.448. The average Bonchev–Trinajstić information content (AvgIpc) is 2.70. The number of fused-ring (bicyclic) bond motifs is 2. The molecule has 2 bridgehead atoms. The van der Waals surface area contributed by atoms with Crippen molar-refractivity contribution >= 4 is 15.9 Å². The van der Waals surface area contributed by atoms with E-state index in [9.17, 15) is 13.2 Å². The number of hydrogen-bond acceptors (Lipinski definition) is 4. The molecule has 3 aliphatic rings. The van der Waals surface area contributed by atoms with Crippen molar-refractivity contribution in [2.45, 2.75) is 50.6 Å². The Balaban J connectivity index is 1.60. The van der Waals surface area contributed by atoms with E-state index in [2.05, 4.69) is 5.32 Å². The Bertz CT molecular complexity index is 494. The molecule has 0 aromatic carbocycles. The highest BCUT2D eigenvalue weighted by Gasteiger charge is 2.40. The van der Waals surface area contributed by atoms with Crippen molar-refractivity contribution in [1.29, 1.82) is 0 Å². The summed E-state index contributed by atoms with van der Waals surface area (Å²) in [4.78, 5) is 12.2. The zero-order valence-electron chi connectivity index (χ0n) is 12.3. The predicted octanol–water partition coefficient (Wildman–Crippen LogP) is 0.0441. The number of nitrogens with one attached hydrogen (secondary N) is 1. The SMILES string of the molecule is NC1CC2CCCC(C1)C2NC(=O)CN1CCCS1(=O)=O. The van der Waals surface area contributed by atoms with Gasteiger partial charge in [-0.05, 0) is 43.9 Å². The standard InChI is InChI=1S/C14H25N3O3S/c15-12-7-10-3-1-4-11(8-12)14(10)16-13(18)9-17-5-2-6-21(17,19)20/h10-12,14H,1-9,15H2,(H,16,18). The first-order valence-electron chi connectivity index (χ1n) is 7.98. The highest BCUT2D eigenvalue weighted by molar-refractivity contribution is 7.89. The van der Waals surface area contributed by atoms with E-state index in [1.54, 1.807) is 0 Å². The molecule has 3 rings (SSSR count). The molecule has 3 fully saturated rings. The van der Waals surface area contributed by atoms with Crippen LogP contribution in [0.2, 0.25) is 0 Å². The quantitative estimate of drug-likeness (QED) is 0.769. The molecule has 0 aromatic heterocycles. The Morgan fingerprint density at radius 3 is 2.43 bits per heavy atom. The van der Waals surface area contributed by atoms with Gasteiger partial charge >= 0.3 is 0 Å². The van der Waals surface area contributed by atoms with E-state index in [1.165, 1.54) is 10.7 Å². The van der Waals surface area contributed by atoms with Crippen LogP contribution < -0.4 is 11.1 Å². The van der Waals surface area contributed by atoms with Gasteiger partial charge in [0.05, 0.1) is 12.3 Å². The molecular formula is C14H25N3O3S. The van der Waals surface area contributed by atoms with E-state index < -0.39 is 10.0 Å². The molecule has 21 heavy (non-hydrogen) atoms. The molecule has 2 saturated carbocycles. The van der Waals surface area contributed by atoms with Crippen molar-refractivity contribution in [1.82, 2.24) is 9.62 Å². The molecule has 0 aromatic rings. The minimum absolute atomic E-state index is 0.0235. The third-order valence-corrected chi connectivity index (χ3v) is 7.13. The van der Waals surface area contributed by atoms with Crippen LogP contribution in [-0.4, -0.2) is 49.6 Å². The maximum absolute atomic E-state index is 12.2. The van der Waals surface area contributed by atoms with Crippen molar-refractivity contribution in [2.24, 2.45) is 17.6 Å². The molecule has 0 spiro atoms. The average molecular weight is 315 g/mol. The molecular weight excluding hydrogens is 290 g/mol. The molecule has 1 amide bonds. The second-order valence-corrected chi connectivity index (χ2v) is 8.87. The van der Waals surface area contributed by atoms with Crippen LogP contribution in [-0.2, 0) is 14.8 Å². The highest BCUT2D eigenvalue weighted by Crippen LogP contribution is 2.39. The second kappa shape index (κ2) is 5.85. The Morgan fingerprint density at radius 1 is 1.19 bits per heavy atom. The summed E-state index contributed by atoms with van der Waals surface area (Å²) in [6.45, 7) is 0.447. The van der Waals surface area contributed by atoms with Gasteiger partial charge in [-0.15, -0.1) is 0 Å². The fourth-order valence-corrected chi connectivity index (χ4v) is 5.76. The molecule has 120 valence electrons. The molecule has 1 aliphatic heterocycles. The lowest BCUT2D eigenvalue weighted by atomic mass is 9.67. The third kappa shape index (κ3) is 3.24. The molecule has 7 heteroatoms. The largest absolute Gasteiger partial charge is 0.352 e. The van der Waals surface area contributed by atoms with E-state index in [0.717, 1.165) is 25.7 Å². The number of carbonyl (C=O) groups is 1. The lowest BCUT2D eigenvalue weighted by molar-refractivity contribution is -0.123. The molecule has 2 atom stereocenters. The van der Waals surface area contributed by atoms with Gasteiger partial charge < -0.3 is 11.1 Å². The Hall–Kier alpha value is -0.660. The summed E-state index contributed by atoms with van der Waals surface area (Å²) >= 11 is 0. The highest BCUT2D eigenvalue weighted by atomic mass is 32.2. The first kappa shape index (κ1) is 15.2. The van der Waals surface area contributed by atoms with Crippen LogP contribution in [0.5, 0.6) is 0 Å².